The standard InChI is InChI=1S/C25H23N5O7/c1-16(31)27-25-28-21-20(22(32)29-25)26-14-30(21)15-37-19(12-35-23(33)17-8-4-2-5-9-17)13-36-24(34)18-10-6-3-7-11-18/h2-11,14,19H,12-13,15H2,1H3,(H2,27,28,29,31,32). The number of anilines is 1. The Morgan fingerprint density at radius 1 is 0.946 bits per heavy atom. The number of nitrogens with zero attached hydrogens (tertiary/aromatic N) is 3. The van der Waals surface area contributed by atoms with Crippen LogP contribution in [0.5, 0.6) is 0 Å². The fourth-order valence-corrected chi connectivity index (χ4v) is 3.26. The van der Waals surface area contributed by atoms with Gasteiger partial charge in [-0.05, 0) is 24.3 Å². The lowest BCUT2D eigenvalue weighted by atomic mass is 10.2. The van der Waals surface area contributed by atoms with E-state index < -0.39 is 29.5 Å². The summed E-state index contributed by atoms with van der Waals surface area (Å²) >= 11 is 0. The van der Waals surface area contributed by atoms with Crippen molar-refractivity contribution in [3.63, 3.8) is 0 Å². The van der Waals surface area contributed by atoms with Gasteiger partial charge in [-0.1, -0.05) is 36.4 Å². The number of nitrogens with one attached hydrogen (secondary N) is 2. The maximum Gasteiger partial charge on any atom is 0.338 e. The smallest absolute Gasteiger partial charge is 0.338 e. The van der Waals surface area contributed by atoms with Crippen LogP contribution in [0.4, 0.5) is 5.95 Å². The van der Waals surface area contributed by atoms with Crippen LogP contribution in [0.2, 0.25) is 0 Å². The van der Waals surface area contributed by atoms with Crippen molar-refractivity contribution in [1.29, 1.82) is 0 Å². The van der Waals surface area contributed by atoms with Crippen LogP contribution in [0.15, 0.2) is 71.8 Å². The second-order valence-electron chi connectivity index (χ2n) is 7.83. The minimum absolute atomic E-state index is 0.0419. The molecular formula is C25H23N5O7. The summed E-state index contributed by atoms with van der Waals surface area (Å²) in [5, 5.41) is 2.41. The summed E-state index contributed by atoms with van der Waals surface area (Å²) in [4.78, 5) is 59.1. The number of esters is 2. The van der Waals surface area contributed by atoms with Crippen molar-refractivity contribution in [2.24, 2.45) is 0 Å². The lowest BCUT2D eigenvalue weighted by Gasteiger charge is -2.18. The van der Waals surface area contributed by atoms with E-state index in [0.29, 0.717) is 11.1 Å². The normalized spacial score (nSPS) is 10.9. The topological polar surface area (TPSA) is 154 Å². The van der Waals surface area contributed by atoms with Crippen LogP contribution in [0, 0.1) is 0 Å². The van der Waals surface area contributed by atoms with E-state index in [2.05, 4.69) is 20.3 Å². The minimum Gasteiger partial charge on any atom is -0.459 e. The van der Waals surface area contributed by atoms with E-state index >= 15 is 0 Å². The lowest BCUT2D eigenvalue weighted by Crippen LogP contribution is -2.29. The molecule has 0 saturated carbocycles. The summed E-state index contributed by atoms with van der Waals surface area (Å²) in [6.45, 7) is 0.687. The number of imidazole rings is 1. The van der Waals surface area contributed by atoms with E-state index in [1.54, 1.807) is 60.7 Å². The molecule has 0 fully saturated rings. The molecule has 0 aliphatic rings. The highest BCUT2D eigenvalue weighted by Gasteiger charge is 2.19. The van der Waals surface area contributed by atoms with Crippen molar-refractivity contribution < 1.29 is 28.6 Å². The average molecular weight is 505 g/mol. The van der Waals surface area contributed by atoms with Crippen molar-refractivity contribution in [3.8, 4) is 0 Å². The molecule has 0 bridgehead atoms. The number of hydrogen-bond acceptors (Lipinski definition) is 9. The lowest BCUT2D eigenvalue weighted by molar-refractivity contribution is -0.114. The molecule has 0 aliphatic carbocycles. The summed E-state index contributed by atoms with van der Waals surface area (Å²) in [5.74, 6) is -1.59. The molecule has 12 heteroatoms. The Kier molecular flexibility index (Phi) is 8.01. The summed E-state index contributed by atoms with van der Waals surface area (Å²) < 4.78 is 18.0. The highest BCUT2D eigenvalue weighted by molar-refractivity contribution is 5.90. The summed E-state index contributed by atoms with van der Waals surface area (Å²) in [6.07, 6.45) is 0.489. The Balaban J connectivity index is 1.47. The zero-order valence-corrected chi connectivity index (χ0v) is 19.7. The van der Waals surface area contributed by atoms with Gasteiger partial charge < -0.3 is 14.2 Å². The van der Waals surface area contributed by atoms with Crippen molar-refractivity contribution >= 4 is 35.0 Å². The van der Waals surface area contributed by atoms with E-state index in [0.717, 1.165) is 0 Å². The zero-order valence-electron chi connectivity index (χ0n) is 19.7. The predicted molar refractivity (Wildman–Crippen MR) is 131 cm³/mol. The van der Waals surface area contributed by atoms with Crippen LogP contribution in [-0.2, 0) is 25.7 Å². The summed E-state index contributed by atoms with van der Waals surface area (Å²) in [6, 6.07) is 16.8. The van der Waals surface area contributed by atoms with Gasteiger partial charge in [0.05, 0.1) is 17.5 Å². The zero-order chi connectivity index (χ0) is 26.2. The van der Waals surface area contributed by atoms with Gasteiger partial charge in [-0.2, -0.15) is 4.98 Å². The number of hydrogen-bond donors (Lipinski definition) is 2. The molecule has 2 heterocycles. The van der Waals surface area contributed by atoms with Gasteiger partial charge >= 0.3 is 11.9 Å². The number of fused-ring (bicyclic) bond motifs is 1. The molecule has 190 valence electrons. The Morgan fingerprint density at radius 3 is 2.05 bits per heavy atom. The number of aromatic nitrogens is 4. The summed E-state index contributed by atoms with van der Waals surface area (Å²) in [7, 11) is 0. The first-order valence-corrected chi connectivity index (χ1v) is 11.2. The average Bonchev–Trinajstić information content (AvgIpc) is 3.31. The number of ether oxygens (including phenoxy) is 3. The third kappa shape index (κ3) is 6.64. The largest absolute Gasteiger partial charge is 0.459 e. The Labute approximate surface area is 210 Å². The maximum atomic E-state index is 12.4. The van der Waals surface area contributed by atoms with Crippen LogP contribution in [0.3, 0.4) is 0 Å². The minimum atomic E-state index is -0.852. The van der Waals surface area contributed by atoms with Crippen LogP contribution in [-0.4, -0.2) is 56.7 Å². The van der Waals surface area contributed by atoms with Gasteiger partial charge in [0.15, 0.2) is 11.2 Å². The van der Waals surface area contributed by atoms with Crippen molar-refractivity contribution in [2.45, 2.75) is 19.8 Å². The number of carbonyl (C=O) groups excluding carboxylic acids is 3. The number of carbonyl (C=O) groups is 3. The van der Waals surface area contributed by atoms with Crippen molar-refractivity contribution in [1.82, 2.24) is 19.5 Å². The second kappa shape index (κ2) is 11.7. The van der Waals surface area contributed by atoms with Crippen molar-refractivity contribution in [2.75, 3.05) is 18.5 Å². The molecule has 4 rings (SSSR count). The molecule has 0 spiro atoms. The van der Waals surface area contributed by atoms with Gasteiger partial charge in [-0.15, -0.1) is 0 Å². The maximum absolute atomic E-state index is 12.4. The Hall–Kier alpha value is -4.84. The predicted octanol–water partition coefficient (Wildman–Crippen LogP) is 2.13. The van der Waals surface area contributed by atoms with Crippen molar-refractivity contribution in [3.05, 3.63) is 88.5 Å². The van der Waals surface area contributed by atoms with Gasteiger partial charge in [-0.3, -0.25) is 24.5 Å². The third-order valence-electron chi connectivity index (χ3n) is 5.04. The molecule has 1 amide bonds. The van der Waals surface area contributed by atoms with E-state index in [4.69, 9.17) is 14.2 Å². The van der Waals surface area contributed by atoms with Gasteiger partial charge in [0.25, 0.3) is 5.56 Å². The molecule has 4 aromatic rings. The molecule has 0 radical (unpaired) electrons. The first-order valence-electron chi connectivity index (χ1n) is 11.2. The number of rotatable bonds is 10. The number of H-pyrrole nitrogens is 1. The fourth-order valence-electron chi connectivity index (χ4n) is 3.26. The van der Waals surface area contributed by atoms with E-state index in [1.807, 2.05) is 0 Å². The van der Waals surface area contributed by atoms with Gasteiger partial charge in [0.1, 0.15) is 26.0 Å². The van der Waals surface area contributed by atoms with E-state index in [9.17, 15) is 19.2 Å². The van der Waals surface area contributed by atoms with Crippen LogP contribution in [0.25, 0.3) is 11.2 Å². The SMILES string of the molecule is CC(=O)Nc1nc2c(ncn2COC(COC(=O)c2ccccc2)COC(=O)c2ccccc2)c(=O)[nH]1. The molecule has 2 N–H and O–H groups in total. The monoisotopic (exact) mass is 505 g/mol. The van der Waals surface area contributed by atoms with Gasteiger partial charge in [-0.25, -0.2) is 14.6 Å². The Bertz CT molecular complexity index is 1400. The first-order chi connectivity index (χ1) is 17.9. The third-order valence-corrected chi connectivity index (χ3v) is 5.04. The number of aromatic amines is 1. The quantitative estimate of drug-likeness (QED) is 0.308. The van der Waals surface area contributed by atoms with E-state index in [1.165, 1.54) is 17.8 Å². The molecule has 0 unspecified atom stereocenters. The molecule has 12 nitrogen and oxygen atoms in total. The highest BCUT2D eigenvalue weighted by Crippen LogP contribution is 2.11. The molecule has 0 aliphatic heterocycles. The molecular weight excluding hydrogens is 482 g/mol. The van der Waals surface area contributed by atoms with E-state index in [-0.39, 0.29) is 37.1 Å². The van der Waals surface area contributed by atoms with Crippen LogP contribution in [0.1, 0.15) is 27.6 Å². The molecule has 2 aromatic heterocycles. The molecule has 0 saturated heterocycles. The van der Waals surface area contributed by atoms with Gasteiger partial charge in [0, 0.05) is 6.92 Å². The van der Waals surface area contributed by atoms with Gasteiger partial charge in [0.2, 0.25) is 11.9 Å². The van der Waals surface area contributed by atoms with Crippen LogP contribution >= 0.6 is 0 Å². The highest BCUT2D eigenvalue weighted by atomic mass is 16.6. The second-order valence-corrected chi connectivity index (χ2v) is 7.83. The van der Waals surface area contributed by atoms with Crippen LogP contribution < -0.4 is 10.9 Å². The number of benzene rings is 2. The molecule has 0 atom stereocenters. The molecule has 37 heavy (non-hydrogen) atoms. The summed E-state index contributed by atoms with van der Waals surface area (Å²) in [5.41, 5.74) is 0.376. The fraction of sp³-hybridized carbons (Fsp3) is 0.200. The number of amides is 1. The Morgan fingerprint density at radius 2 is 1.51 bits per heavy atom. The molecule has 2 aromatic carbocycles. The first kappa shape index (κ1) is 25.3.